The van der Waals surface area contributed by atoms with Crippen molar-refractivity contribution in [3.8, 4) is 5.88 Å². The van der Waals surface area contributed by atoms with Gasteiger partial charge in [0, 0.05) is 25.1 Å². The van der Waals surface area contributed by atoms with E-state index in [9.17, 15) is 9.59 Å². The van der Waals surface area contributed by atoms with Crippen molar-refractivity contribution >= 4 is 11.8 Å². The number of Topliss-reactive ketones (excluding diaryl/α,β-unsaturated/α-hetero) is 1. The summed E-state index contributed by atoms with van der Waals surface area (Å²) in [4.78, 5) is 27.5. The highest BCUT2D eigenvalue weighted by Gasteiger charge is 2.34. The molecule has 1 unspecified atom stereocenters. The lowest BCUT2D eigenvalue weighted by atomic mass is 9.91. The Balaban J connectivity index is 1.66. The minimum atomic E-state index is -0.139. The van der Waals surface area contributed by atoms with Gasteiger partial charge in [-0.1, -0.05) is 0 Å². The van der Waals surface area contributed by atoms with E-state index in [1.807, 2.05) is 19.1 Å². The first-order valence-electron chi connectivity index (χ1n) is 8.95. The van der Waals surface area contributed by atoms with E-state index in [1.54, 1.807) is 6.20 Å². The van der Waals surface area contributed by atoms with Crippen LogP contribution in [0.1, 0.15) is 63.4 Å². The van der Waals surface area contributed by atoms with Crippen LogP contribution >= 0.6 is 0 Å². The number of carbonyl (C=O) groups is 2. The van der Waals surface area contributed by atoms with Crippen LogP contribution in [0, 0.1) is 5.92 Å². The highest BCUT2D eigenvalue weighted by atomic mass is 16.5. The lowest BCUT2D eigenvalue weighted by Crippen LogP contribution is -2.24. The van der Waals surface area contributed by atoms with Gasteiger partial charge in [0.2, 0.25) is 5.88 Å². The van der Waals surface area contributed by atoms with Gasteiger partial charge >= 0.3 is 5.97 Å². The molecule has 2 aliphatic carbocycles. The average molecular weight is 331 g/mol. The Morgan fingerprint density at radius 2 is 2.04 bits per heavy atom. The number of aromatic nitrogens is 1. The molecule has 0 N–H and O–H groups in total. The predicted molar refractivity (Wildman–Crippen MR) is 88.8 cm³/mol. The standard InChI is InChI=1S/C19H25NO4/c1-2-23-19(22)12-17(13-3-4-13)14-9-10-20-18(11-14)24-16-7-5-15(21)6-8-16/h9-11,13,16-17H,2-8,12H2,1H3. The Morgan fingerprint density at radius 3 is 2.71 bits per heavy atom. The number of hydrogen-bond donors (Lipinski definition) is 0. The summed E-state index contributed by atoms with van der Waals surface area (Å²) in [6.45, 7) is 2.25. The number of ketones is 1. The van der Waals surface area contributed by atoms with E-state index in [2.05, 4.69) is 4.98 Å². The van der Waals surface area contributed by atoms with Crippen molar-refractivity contribution in [2.24, 2.45) is 5.92 Å². The van der Waals surface area contributed by atoms with Gasteiger partial charge in [-0.2, -0.15) is 0 Å². The summed E-state index contributed by atoms with van der Waals surface area (Å²) in [5.41, 5.74) is 1.10. The van der Waals surface area contributed by atoms with E-state index in [0.29, 0.717) is 43.5 Å². The van der Waals surface area contributed by atoms with E-state index in [1.165, 1.54) is 0 Å². The Hall–Kier alpha value is -1.91. The molecule has 0 aliphatic heterocycles. The average Bonchev–Trinajstić information content (AvgIpc) is 3.40. The third-order valence-electron chi connectivity index (χ3n) is 4.85. The zero-order valence-corrected chi connectivity index (χ0v) is 14.2. The largest absolute Gasteiger partial charge is 0.474 e. The third kappa shape index (κ3) is 4.56. The summed E-state index contributed by atoms with van der Waals surface area (Å²) in [6, 6.07) is 3.93. The summed E-state index contributed by atoms with van der Waals surface area (Å²) >= 11 is 0. The number of pyridine rings is 1. The maximum Gasteiger partial charge on any atom is 0.306 e. The summed E-state index contributed by atoms with van der Waals surface area (Å²) in [5, 5.41) is 0. The molecular weight excluding hydrogens is 306 g/mol. The molecule has 0 amide bonds. The second kappa shape index (κ2) is 7.77. The van der Waals surface area contributed by atoms with Gasteiger partial charge in [-0.15, -0.1) is 0 Å². The maximum atomic E-state index is 11.9. The smallest absolute Gasteiger partial charge is 0.306 e. The van der Waals surface area contributed by atoms with Crippen LogP contribution in [-0.2, 0) is 14.3 Å². The Bertz CT molecular complexity index is 587. The molecule has 1 atom stereocenters. The van der Waals surface area contributed by atoms with E-state index < -0.39 is 0 Å². The Morgan fingerprint density at radius 1 is 1.29 bits per heavy atom. The molecule has 1 aromatic heterocycles. The lowest BCUT2D eigenvalue weighted by Gasteiger charge is -2.22. The van der Waals surface area contributed by atoms with Crippen molar-refractivity contribution in [3.05, 3.63) is 23.9 Å². The normalized spacial score (nSPS) is 19.8. The van der Waals surface area contributed by atoms with Crippen molar-refractivity contribution in [1.29, 1.82) is 0 Å². The summed E-state index contributed by atoms with van der Waals surface area (Å²) in [5.74, 6) is 1.51. The fraction of sp³-hybridized carbons (Fsp3) is 0.632. The van der Waals surface area contributed by atoms with Crippen molar-refractivity contribution in [2.45, 2.75) is 63.9 Å². The summed E-state index contributed by atoms with van der Waals surface area (Å²) in [7, 11) is 0. The molecule has 2 saturated carbocycles. The second-order valence-electron chi connectivity index (χ2n) is 6.74. The van der Waals surface area contributed by atoms with Crippen molar-refractivity contribution in [1.82, 2.24) is 4.98 Å². The molecule has 0 radical (unpaired) electrons. The number of nitrogens with zero attached hydrogens (tertiary/aromatic N) is 1. The number of rotatable bonds is 7. The molecule has 130 valence electrons. The van der Waals surface area contributed by atoms with Crippen LogP contribution in [0.3, 0.4) is 0 Å². The molecule has 0 saturated heterocycles. The fourth-order valence-corrected chi connectivity index (χ4v) is 3.38. The quantitative estimate of drug-likeness (QED) is 0.716. The highest BCUT2D eigenvalue weighted by molar-refractivity contribution is 5.79. The molecule has 1 aromatic rings. The van der Waals surface area contributed by atoms with E-state index in [-0.39, 0.29) is 18.0 Å². The van der Waals surface area contributed by atoms with Crippen LogP contribution in [0.5, 0.6) is 5.88 Å². The molecule has 2 fully saturated rings. The zero-order valence-electron chi connectivity index (χ0n) is 14.2. The van der Waals surface area contributed by atoms with Crippen molar-refractivity contribution < 1.29 is 19.1 Å². The number of carbonyl (C=O) groups excluding carboxylic acids is 2. The Labute approximate surface area is 142 Å². The number of hydrogen-bond acceptors (Lipinski definition) is 5. The van der Waals surface area contributed by atoms with Gasteiger partial charge in [0.1, 0.15) is 11.9 Å². The van der Waals surface area contributed by atoms with Gasteiger partial charge in [-0.05, 0) is 56.1 Å². The molecule has 5 heteroatoms. The predicted octanol–water partition coefficient (Wildman–Crippen LogP) is 3.42. The van der Waals surface area contributed by atoms with Gasteiger partial charge in [0.05, 0.1) is 13.0 Å². The first kappa shape index (κ1) is 16.9. The van der Waals surface area contributed by atoms with Crippen molar-refractivity contribution in [3.63, 3.8) is 0 Å². The van der Waals surface area contributed by atoms with Gasteiger partial charge in [-0.25, -0.2) is 4.98 Å². The first-order valence-corrected chi connectivity index (χ1v) is 8.95. The molecule has 0 bridgehead atoms. The van der Waals surface area contributed by atoms with Gasteiger partial charge in [-0.3, -0.25) is 9.59 Å². The number of esters is 1. The molecule has 5 nitrogen and oxygen atoms in total. The SMILES string of the molecule is CCOC(=O)CC(c1ccnc(OC2CCC(=O)CC2)c1)C1CC1. The summed E-state index contributed by atoms with van der Waals surface area (Å²) in [6.07, 6.45) is 7.27. The van der Waals surface area contributed by atoms with Crippen LogP contribution in [0.2, 0.25) is 0 Å². The molecule has 0 spiro atoms. The fourth-order valence-electron chi connectivity index (χ4n) is 3.38. The molecule has 1 heterocycles. The molecule has 0 aromatic carbocycles. The summed E-state index contributed by atoms with van der Waals surface area (Å²) < 4.78 is 11.1. The molecule has 2 aliphatic rings. The van der Waals surface area contributed by atoms with Crippen LogP contribution in [0.4, 0.5) is 0 Å². The van der Waals surface area contributed by atoms with E-state index >= 15 is 0 Å². The van der Waals surface area contributed by atoms with Crippen LogP contribution in [-0.4, -0.2) is 29.4 Å². The molecular formula is C19H25NO4. The highest BCUT2D eigenvalue weighted by Crippen LogP contribution is 2.45. The van der Waals surface area contributed by atoms with Crippen molar-refractivity contribution in [2.75, 3.05) is 6.61 Å². The van der Waals surface area contributed by atoms with Crippen LogP contribution < -0.4 is 4.74 Å². The minimum Gasteiger partial charge on any atom is -0.474 e. The topological polar surface area (TPSA) is 65.5 Å². The first-order chi connectivity index (χ1) is 11.7. The maximum absolute atomic E-state index is 11.9. The Kier molecular flexibility index (Phi) is 5.48. The lowest BCUT2D eigenvalue weighted by molar-refractivity contribution is -0.143. The van der Waals surface area contributed by atoms with Crippen LogP contribution in [0.25, 0.3) is 0 Å². The third-order valence-corrected chi connectivity index (χ3v) is 4.85. The van der Waals surface area contributed by atoms with Gasteiger partial charge in [0.25, 0.3) is 0 Å². The zero-order chi connectivity index (χ0) is 16.9. The van der Waals surface area contributed by atoms with Gasteiger partial charge in [0.15, 0.2) is 0 Å². The second-order valence-corrected chi connectivity index (χ2v) is 6.74. The van der Waals surface area contributed by atoms with Gasteiger partial charge < -0.3 is 9.47 Å². The molecule has 3 rings (SSSR count). The van der Waals surface area contributed by atoms with E-state index in [4.69, 9.17) is 9.47 Å². The van der Waals surface area contributed by atoms with E-state index in [0.717, 1.165) is 31.2 Å². The minimum absolute atomic E-state index is 0.0647. The number of ether oxygens (including phenoxy) is 2. The van der Waals surface area contributed by atoms with Crippen LogP contribution in [0.15, 0.2) is 18.3 Å². The molecule has 24 heavy (non-hydrogen) atoms. The monoisotopic (exact) mass is 331 g/mol.